The van der Waals surface area contributed by atoms with Crippen LogP contribution in [0.2, 0.25) is 0 Å². The van der Waals surface area contributed by atoms with E-state index in [1.165, 1.54) is 69.5 Å². The van der Waals surface area contributed by atoms with Crippen LogP contribution in [-0.2, 0) is 110 Å². The van der Waals surface area contributed by atoms with E-state index in [9.17, 15) is 102 Å². The molecule has 12 aromatic rings. The number of pyridine rings is 3. The monoisotopic (exact) mass is 2020 g/mol. The number of imidazole rings is 6. The number of rotatable bonds is 6. The summed E-state index contributed by atoms with van der Waals surface area (Å²) >= 11 is 0. The van der Waals surface area contributed by atoms with Crippen molar-refractivity contribution in [2.24, 2.45) is 0 Å². The maximum Gasteiger partial charge on any atom is 0.472 e. The molecule has 21 heterocycles. The molecule has 0 saturated carbocycles. The number of ether oxygens (including phenoxy) is 6. The molecule has 0 spiro atoms. The topological polar surface area (TPSA) is 959 Å². The molecule has 135 heavy (non-hydrogen) atoms. The molecule has 9 fully saturated rings. The number of fused-ring (bicyclic) bond motifs is 17. The Kier molecular flexibility index (Phi) is 24.6. The highest BCUT2D eigenvalue weighted by atomic mass is 31.2. The summed E-state index contributed by atoms with van der Waals surface area (Å²) in [5, 5.41) is 66.2. The van der Waals surface area contributed by atoms with Gasteiger partial charge in [0, 0.05) is 18.6 Å². The first kappa shape index (κ1) is 93.9. The fourth-order valence-corrected chi connectivity index (χ4v) is 21.7. The Bertz CT molecular complexity index is 6830. The van der Waals surface area contributed by atoms with Crippen molar-refractivity contribution in [3.8, 4) is 0 Å². The average molecular weight is 2020 g/mol. The Morgan fingerprint density at radius 2 is 0.533 bits per heavy atom. The second kappa shape index (κ2) is 35.4. The molecule has 0 radical (unpaired) electrons. The third-order valence-electron chi connectivity index (χ3n) is 22.3. The Hall–Kier alpha value is -10.1. The Morgan fingerprint density at radius 1 is 0.304 bits per heavy atom. The van der Waals surface area contributed by atoms with E-state index >= 15 is 0 Å². The molecule has 0 aliphatic carbocycles. The minimum absolute atomic E-state index is 0.137. The molecular formula is C63H72N27O39P6-3. The van der Waals surface area contributed by atoms with Crippen molar-refractivity contribution in [2.45, 2.75) is 147 Å². The molecular weight excluding hydrogens is 1940 g/mol. The molecule has 726 valence electrons. The maximum absolute atomic E-state index is 13.2. The molecule has 72 heteroatoms. The number of aliphatic hydroxyl groups excluding tert-OH is 6. The van der Waals surface area contributed by atoms with Crippen molar-refractivity contribution in [1.29, 1.82) is 0 Å². The first-order chi connectivity index (χ1) is 63.9. The summed E-state index contributed by atoms with van der Waals surface area (Å²) in [6, 6.07) is 4.48. The van der Waals surface area contributed by atoms with Gasteiger partial charge in [0.1, 0.15) is 126 Å². The van der Waals surface area contributed by atoms with Crippen molar-refractivity contribution in [3.05, 3.63) is 106 Å². The SMILES string of the molecule is Nc1nc2c(ncn2C2OC3COP(=O)([O-])OC4C(COP(=O)(O)OC2C3O)OC(n2cnc3c(N)ccnc32)C4O)c(=O)[nH]1.Nc1nc2c(ncn2C2OC3COP(=O)([O-])OC4C(O)C(COP(=O)(O)OC2C3O)OC4n2cnc3c(N)ccnc32)c(=O)[nH]1.Nc1nc2c(ncn2[C@@H]2O[C@@H]3COP(=O)([O-])O[C@@H]4[C@H](O)[C@@H](COP(=O)(O)O[C@@H]2[C@@H]3O)O[C@H]4n2cnc3c(N)ccnc32)c(=O)[nH]1. The van der Waals surface area contributed by atoms with Crippen LogP contribution in [0, 0.1) is 0 Å². The third-order valence-corrected chi connectivity index (χ3v) is 28.1. The average Bonchev–Trinajstić information content (AvgIpc) is 1.65. The highest BCUT2D eigenvalue weighted by Gasteiger charge is 2.58. The van der Waals surface area contributed by atoms with Gasteiger partial charge in [-0.1, -0.05) is 0 Å². The number of aliphatic hydroxyl groups is 6. The van der Waals surface area contributed by atoms with E-state index in [1.54, 1.807) is 0 Å². The van der Waals surface area contributed by atoms with Crippen LogP contribution in [-0.4, -0.2) is 297 Å². The summed E-state index contributed by atoms with van der Waals surface area (Å²) in [6.07, 6.45) is -27.6. The van der Waals surface area contributed by atoms with Gasteiger partial charge < -0.3 is 150 Å². The van der Waals surface area contributed by atoms with Gasteiger partial charge in [0.05, 0.1) is 94.7 Å². The number of H-pyrrole nitrogens is 3. The van der Waals surface area contributed by atoms with Crippen molar-refractivity contribution in [2.75, 3.05) is 74.0 Å². The first-order valence-electron chi connectivity index (χ1n) is 39.2. The predicted molar refractivity (Wildman–Crippen MR) is 430 cm³/mol. The van der Waals surface area contributed by atoms with E-state index in [1.807, 2.05) is 0 Å². The van der Waals surface area contributed by atoms with E-state index in [-0.39, 0.29) is 102 Å². The van der Waals surface area contributed by atoms with Gasteiger partial charge in [-0.15, -0.1) is 0 Å². The molecule has 30 atom stereocenters. The lowest BCUT2D eigenvalue weighted by Gasteiger charge is -2.31. The number of aromatic amines is 3. The summed E-state index contributed by atoms with van der Waals surface area (Å²) in [6.45, 7) is -5.14. The van der Waals surface area contributed by atoms with Crippen LogP contribution in [0.4, 0.5) is 34.9 Å². The summed E-state index contributed by atoms with van der Waals surface area (Å²) in [5.41, 5.74) is 33.7. The van der Waals surface area contributed by atoms with E-state index in [4.69, 9.17) is 117 Å². The number of anilines is 6. The molecule has 9 aliphatic rings. The zero-order valence-electron chi connectivity index (χ0n) is 67.5. The molecule has 9 saturated heterocycles. The first-order valence-corrected chi connectivity index (χ1v) is 48.1. The van der Waals surface area contributed by atoms with Gasteiger partial charge >= 0.3 is 23.5 Å². The van der Waals surface area contributed by atoms with E-state index in [0.29, 0.717) is 0 Å². The summed E-state index contributed by atoms with van der Waals surface area (Å²) in [5.74, 6) is -0.875. The smallest absolute Gasteiger partial charge is 0.472 e. The van der Waals surface area contributed by atoms with E-state index < -0.39 is 250 Å². The van der Waals surface area contributed by atoms with Crippen molar-refractivity contribution in [3.63, 3.8) is 0 Å². The molecule has 9 aliphatic heterocycles. The number of aromatic nitrogens is 21. The molecule has 21 rings (SSSR count). The highest BCUT2D eigenvalue weighted by molar-refractivity contribution is 7.48. The Labute approximate surface area is 745 Å². The van der Waals surface area contributed by atoms with Gasteiger partial charge in [-0.2, -0.15) is 15.0 Å². The highest BCUT2D eigenvalue weighted by Crippen LogP contribution is 2.58. The van der Waals surface area contributed by atoms with Crippen LogP contribution in [0.15, 0.2) is 89.1 Å². The van der Waals surface area contributed by atoms with Gasteiger partial charge in [-0.25, -0.2) is 58.6 Å². The van der Waals surface area contributed by atoms with E-state index in [0.717, 1.165) is 32.7 Å². The van der Waals surface area contributed by atoms with Gasteiger partial charge in [0.2, 0.25) is 17.8 Å². The Morgan fingerprint density at radius 3 is 0.822 bits per heavy atom. The lowest BCUT2D eigenvalue weighted by molar-refractivity contribution is -0.238. The number of nitrogens with one attached hydrogen (secondary N) is 3. The fraction of sp³-hybridized carbons (Fsp3) is 0.476. The van der Waals surface area contributed by atoms with Crippen LogP contribution in [0.3, 0.4) is 0 Å². The van der Waals surface area contributed by atoms with Gasteiger partial charge in [0.25, 0.3) is 40.1 Å². The van der Waals surface area contributed by atoms with Gasteiger partial charge in [0.15, 0.2) is 87.8 Å². The molecule has 22 unspecified atom stereocenters. The van der Waals surface area contributed by atoms with Gasteiger partial charge in [-0.05, 0) is 18.2 Å². The number of phosphoric ester groups is 6. The number of nitrogens with two attached hydrogens (primary N) is 6. The number of hydrogen-bond donors (Lipinski definition) is 18. The molecule has 0 amide bonds. The molecule has 10 bridgehead atoms. The lowest BCUT2D eigenvalue weighted by Crippen LogP contribution is -2.38. The second-order valence-electron chi connectivity index (χ2n) is 30.8. The van der Waals surface area contributed by atoms with Crippen LogP contribution < -0.4 is 65.8 Å². The summed E-state index contributed by atoms with van der Waals surface area (Å²) < 4.78 is 182. The molecule has 0 aromatic carbocycles. The predicted octanol–water partition coefficient (Wildman–Crippen LogP) is -7.11. The lowest BCUT2D eigenvalue weighted by atomic mass is 10.1. The quantitative estimate of drug-likeness (QED) is 0.0688. The normalized spacial score (nSPS) is 37.7. The molecule has 24 N–H and O–H groups in total. The van der Waals surface area contributed by atoms with Gasteiger partial charge in [-0.3, -0.25) is 97.6 Å². The van der Waals surface area contributed by atoms with Crippen LogP contribution in [0.25, 0.3) is 67.0 Å². The van der Waals surface area contributed by atoms with Crippen molar-refractivity contribution >= 4 is 149 Å². The van der Waals surface area contributed by atoms with Crippen molar-refractivity contribution in [1.82, 2.24) is 102 Å². The summed E-state index contributed by atoms with van der Waals surface area (Å²) in [4.78, 5) is 163. The number of hydrogen-bond acceptors (Lipinski definition) is 54. The van der Waals surface area contributed by atoms with Crippen LogP contribution in [0.5, 0.6) is 0 Å². The zero-order valence-corrected chi connectivity index (χ0v) is 72.9. The summed E-state index contributed by atoms with van der Waals surface area (Å²) in [7, 11) is -31.2. The third kappa shape index (κ3) is 18.0. The number of phosphoric acid groups is 6. The zero-order chi connectivity index (χ0) is 95.5. The van der Waals surface area contributed by atoms with Crippen LogP contribution in [0.1, 0.15) is 37.4 Å². The second-order valence-corrected chi connectivity index (χ2v) is 39.1. The van der Waals surface area contributed by atoms with E-state index in [2.05, 4.69) is 74.8 Å². The van der Waals surface area contributed by atoms with Crippen LogP contribution >= 0.6 is 46.9 Å². The molecule has 12 aromatic heterocycles. The fourth-order valence-electron chi connectivity index (χ4n) is 16.1. The number of nitrogen functional groups attached to an aromatic ring is 6. The number of nitrogens with zero attached hydrogens (tertiary/aromatic N) is 18. The molecule has 66 nitrogen and oxygen atoms in total. The minimum Gasteiger partial charge on any atom is -0.756 e. The minimum atomic E-state index is -5.31. The van der Waals surface area contributed by atoms with Crippen molar-refractivity contribution < 1.29 is 170 Å². The largest absolute Gasteiger partial charge is 0.756 e. The maximum atomic E-state index is 13.2. The standard InChI is InChI=1S/3C21H25N9O13P2/c22-7-1-2-24-16-10(7)25-5-29(16)19-13(32)14-9(41-19)4-39-45(36,37)43-15-12(31)8(3-38-44(34,35)42-14)40-20(15)30-6-26-11-17(30)27-21(23)28-18(11)33;2*22-7-1-2-24-16-10(7)25-5-29(16)19-14-12(31)8(40-19)3-38-45(36,37)43-15-13(32)9(4-39-44(34,35)42-14)41-20(15)30-6-26-11-17(30)27-21(23)28-18(11)33/h3*1-2,5-6,8-9,12-15,19-20,31-32H,3-4H2,(H2,22,24)(H,34,35)(H,36,37)(H3,23,27,28,33)/p-3/t;8-,9-,12-,13-,14-,15-,19-,20-;/m.1./s1. The Balaban J connectivity index is 0.000000130.